The van der Waals surface area contributed by atoms with Crippen LogP contribution in [0.3, 0.4) is 0 Å². The van der Waals surface area contributed by atoms with Gasteiger partial charge in [-0.15, -0.1) is 0 Å². The Labute approximate surface area is 121 Å². The molecule has 1 aromatic carbocycles. The standard InChI is InChI=1S/C17H16O2S/c1-10-2-6-13(7-3-10)20(19)15-9-14-11-4-5-12(8-11)16(14)17(15)18/h2-7,9,11-12,14,16H,8H2,1H3/t11-,12+,14+,16-,20?/m1/s1. The van der Waals surface area contributed by atoms with Crippen molar-refractivity contribution in [3.8, 4) is 0 Å². The first-order valence-electron chi connectivity index (χ1n) is 7.08. The van der Waals surface area contributed by atoms with E-state index in [0.717, 1.165) is 16.9 Å². The number of Topliss-reactive ketones (excluding diaryl/α,β-unsaturated/α-hetero) is 1. The minimum Gasteiger partial charge on any atom is -0.293 e. The summed E-state index contributed by atoms with van der Waals surface area (Å²) < 4.78 is 12.6. The van der Waals surface area contributed by atoms with E-state index in [2.05, 4.69) is 12.2 Å². The maximum Gasteiger partial charge on any atom is 0.176 e. The number of hydrogen-bond donors (Lipinski definition) is 0. The van der Waals surface area contributed by atoms with E-state index in [1.807, 2.05) is 37.3 Å². The smallest absolute Gasteiger partial charge is 0.176 e. The highest BCUT2D eigenvalue weighted by atomic mass is 32.2. The topological polar surface area (TPSA) is 34.1 Å². The number of rotatable bonds is 2. The van der Waals surface area contributed by atoms with Crippen molar-refractivity contribution in [2.45, 2.75) is 18.2 Å². The van der Waals surface area contributed by atoms with Gasteiger partial charge in [-0.1, -0.05) is 35.9 Å². The molecule has 102 valence electrons. The lowest BCUT2D eigenvalue weighted by Gasteiger charge is -2.17. The van der Waals surface area contributed by atoms with E-state index in [0.29, 0.717) is 22.7 Å². The molecule has 2 bridgehead atoms. The van der Waals surface area contributed by atoms with Gasteiger partial charge in [0, 0.05) is 10.8 Å². The first-order chi connectivity index (χ1) is 9.65. The highest BCUT2D eigenvalue weighted by Crippen LogP contribution is 2.53. The minimum absolute atomic E-state index is 0.0643. The largest absolute Gasteiger partial charge is 0.293 e. The molecule has 5 atom stereocenters. The predicted octanol–water partition coefficient (Wildman–Crippen LogP) is 3.01. The molecule has 0 aromatic heterocycles. The summed E-state index contributed by atoms with van der Waals surface area (Å²) in [7, 11) is -1.32. The summed E-state index contributed by atoms with van der Waals surface area (Å²) in [6.07, 6.45) is 7.50. The third-order valence-corrected chi connectivity index (χ3v) is 6.28. The summed E-state index contributed by atoms with van der Waals surface area (Å²) in [6.45, 7) is 2.00. The van der Waals surface area contributed by atoms with Crippen LogP contribution in [0, 0.1) is 30.6 Å². The third-order valence-electron chi connectivity index (χ3n) is 4.84. The van der Waals surface area contributed by atoms with Crippen molar-refractivity contribution in [2.75, 3.05) is 0 Å². The summed E-state index contributed by atoms with van der Waals surface area (Å²) in [4.78, 5) is 13.8. The highest BCUT2D eigenvalue weighted by molar-refractivity contribution is 7.90. The average Bonchev–Trinajstić information content (AvgIpc) is 3.12. The van der Waals surface area contributed by atoms with Crippen LogP contribution in [0.25, 0.3) is 0 Å². The zero-order valence-electron chi connectivity index (χ0n) is 11.3. The van der Waals surface area contributed by atoms with Gasteiger partial charge in [0.1, 0.15) is 0 Å². The quantitative estimate of drug-likeness (QED) is 0.782. The van der Waals surface area contributed by atoms with Crippen molar-refractivity contribution in [3.63, 3.8) is 0 Å². The molecule has 1 saturated carbocycles. The van der Waals surface area contributed by atoms with Crippen LogP contribution in [-0.4, -0.2) is 9.99 Å². The number of ketones is 1. The van der Waals surface area contributed by atoms with E-state index >= 15 is 0 Å². The van der Waals surface area contributed by atoms with Crippen molar-refractivity contribution < 1.29 is 9.00 Å². The summed E-state index contributed by atoms with van der Waals surface area (Å²) in [5.74, 6) is 1.34. The molecular weight excluding hydrogens is 268 g/mol. The molecular formula is C17H16O2S. The van der Waals surface area contributed by atoms with Crippen molar-refractivity contribution in [1.82, 2.24) is 0 Å². The number of aryl methyl sites for hydroxylation is 1. The van der Waals surface area contributed by atoms with Crippen molar-refractivity contribution in [2.24, 2.45) is 23.7 Å². The molecule has 0 aliphatic heterocycles. The number of fused-ring (bicyclic) bond motifs is 5. The molecule has 1 aromatic rings. The Hall–Kier alpha value is -1.48. The van der Waals surface area contributed by atoms with Crippen LogP contribution in [0.1, 0.15) is 12.0 Å². The highest BCUT2D eigenvalue weighted by Gasteiger charge is 2.52. The second kappa shape index (κ2) is 4.26. The fraction of sp³-hybridized carbons (Fsp3) is 0.353. The van der Waals surface area contributed by atoms with Gasteiger partial charge in [0.05, 0.1) is 15.7 Å². The third kappa shape index (κ3) is 1.62. The van der Waals surface area contributed by atoms with E-state index in [1.165, 1.54) is 0 Å². The molecule has 0 heterocycles. The molecule has 0 N–H and O–H groups in total. The maximum atomic E-state index is 12.6. The average molecular weight is 284 g/mol. The summed E-state index contributed by atoms with van der Waals surface area (Å²) in [5, 5.41) is 0. The molecule has 2 nitrogen and oxygen atoms in total. The molecule has 0 radical (unpaired) electrons. The maximum absolute atomic E-state index is 12.6. The van der Waals surface area contributed by atoms with E-state index in [9.17, 15) is 9.00 Å². The van der Waals surface area contributed by atoms with Crippen LogP contribution in [0.4, 0.5) is 0 Å². The molecule has 3 aliphatic carbocycles. The zero-order chi connectivity index (χ0) is 13.9. The Morgan fingerprint density at radius 2 is 1.80 bits per heavy atom. The van der Waals surface area contributed by atoms with Gasteiger partial charge in [-0.25, -0.2) is 4.21 Å². The lowest BCUT2D eigenvalue weighted by atomic mass is 9.85. The van der Waals surface area contributed by atoms with Gasteiger partial charge in [-0.05, 0) is 43.2 Å². The van der Waals surface area contributed by atoms with Gasteiger partial charge < -0.3 is 0 Å². The van der Waals surface area contributed by atoms with Crippen LogP contribution < -0.4 is 0 Å². The van der Waals surface area contributed by atoms with Gasteiger partial charge in [-0.2, -0.15) is 0 Å². The minimum atomic E-state index is -1.32. The molecule has 20 heavy (non-hydrogen) atoms. The lowest BCUT2D eigenvalue weighted by Crippen LogP contribution is -2.22. The summed E-state index contributed by atoms with van der Waals surface area (Å²) >= 11 is 0. The monoisotopic (exact) mass is 284 g/mol. The number of benzene rings is 1. The van der Waals surface area contributed by atoms with Crippen molar-refractivity contribution in [3.05, 3.63) is 53.0 Å². The van der Waals surface area contributed by atoms with Gasteiger partial charge in [0.2, 0.25) is 0 Å². The molecule has 0 spiro atoms. The van der Waals surface area contributed by atoms with Crippen LogP contribution in [0.15, 0.2) is 52.3 Å². The van der Waals surface area contributed by atoms with E-state index in [4.69, 9.17) is 0 Å². The first-order valence-corrected chi connectivity index (χ1v) is 8.23. The van der Waals surface area contributed by atoms with Crippen molar-refractivity contribution >= 4 is 16.6 Å². The van der Waals surface area contributed by atoms with Gasteiger partial charge in [-0.3, -0.25) is 4.79 Å². The predicted molar refractivity (Wildman–Crippen MR) is 78.4 cm³/mol. The Kier molecular flexibility index (Phi) is 2.61. The number of carbonyl (C=O) groups excluding carboxylic acids is 1. The van der Waals surface area contributed by atoms with E-state index in [1.54, 1.807) is 0 Å². The molecule has 0 amide bonds. The Bertz CT molecular complexity index is 669. The Morgan fingerprint density at radius 1 is 1.10 bits per heavy atom. The van der Waals surface area contributed by atoms with Gasteiger partial charge >= 0.3 is 0 Å². The number of carbonyl (C=O) groups is 1. The van der Waals surface area contributed by atoms with E-state index in [-0.39, 0.29) is 11.7 Å². The molecule has 4 rings (SSSR count). The lowest BCUT2D eigenvalue weighted by molar-refractivity contribution is -0.119. The second-order valence-electron chi connectivity index (χ2n) is 6.03. The molecule has 1 fully saturated rings. The normalized spacial score (nSPS) is 35.2. The van der Waals surface area contributed by atoms with Crippen LogP contribution in [0.2, 0.25) is 0 Å². The van der Waals surface area contributed by atoms with Crippen LogP contribution in [0.5, 0.6) is 0 Å². The Balaban J connectivity index is 1.67. The summed E-state index contributed by atoms with van der Waals surface area (Å²) in [6, 6.07) is 7.61. The second-order valence-corrected chi connectivity index (χ2v) is 7.48. The molecule has 1 unspecified atom stereocenters. The van der Waals surface area contributed by atoms with Crippen LogP contribution >= 0.6 is 0 Å². The van der Waals surface area contributed by atoms with Crippen LogP contribution in [-0.2, 0) is 15.6 Å². The Morgan fingerprint density at radius 3 is 2.50 bits per heavy atom. The molecule has 0 saturated heterocycles. The van der Waals surface area contributed by atoms with E-state index < -0.39 is 10.8 Å². The SMILES string of the molecule is Cc1ccc(S(=O)C2=C[C@@H]3[C@H](C2=O)[C@H]2C=C[C@@H]3C2)cc1. The fourth-order valence-corrected chi connectivity index (χ4v) is 5.06. The summed E-state index contributed by atoms with van der Waals surface area (Å²) in [5.41, 5.74) is 1.14. The first kappa shape index (κ1) is 12.3. The fourth-order valence-electron chi connectivity index (χ4n) is 3.82. The number of hydrogen-bond acceptors (Lipinski definition) is 2. The zero-order valence-corrected chi connectivity index (χ0v) is 12.1. The van der Waals surface area contributed by atoms with Gasteiger partial charge in [0.15, 0.2) is 5.78 Å². The number of allylic oxidation sites excluding steroid dienone is 4. The molecule has 3 aliphatic rings. The van der Waals surface area contributed by atoms with Crippen molar-refractivity contribution in [1.29, 1.82) is 0 Å². The van der Waals surface area contributed by atoms with Gasteiger partial charge in [0.25, 0.3) is 0 Å². The molecule has 3 heteroatoms.